The van der Waals surface area contributed by atoms with E-state index in [0.29, 0.717) is 5.88 Å². The summed E-state index contributed by atoms with van der Waals surface area (Å²) in [7, 11) is 0. The van der Waals surface area contributed by atoms with Crippen LogP contribution in [-0.2, 0) is 0 Å². The van der Waals surface area contributed by atoms with Gasteiger partial charge in [-0.05, 0) is 0 Å². The zero-order chi connectivity index (χ0) is 4.41. The summed E-state index contributed by atoms with van der Waals surface area (Å²) in [6.45, 7) is 0.727. The maximum absolute atomic E-state index is 10.1. The molecule has 6 heavy (non-hydrogen) atoms. The second kappa shape index (κ2) is 1.60. The van der Waals surface area contributed by atoms with E-state index in [4.69, 9.17) is 0 Å². The maximum atomic E-state index is 10.1. The molecule has 0 aromatic carbocycles. The van der Waals surface area contributed by atoms with E-state index in [0.717, 1.165) is 17.1 Å². The van der Waals surface area contributed by atoms with Crippen molar-refractivity contribution in [2.75, 3.05) is 18.2 Å². The number of hydrogen-bond donors (Lipinski definition) is 0. The average molecular weight is 104 g/mol. The Labute approximate surface area is 40.5 Å². The van der Waals surface area contributed by atoms with Gasteiger partial charge in [0.25, 0.3) is 0 Å². The van der Waals surface area contributed by atoms with Crippen LogP contribution in [0, 0.1) is 4.91 Å². The summed E-state index contributed by atoms with van der Waals surface area (Å²) >= 11 is 1.70. The molecule has 0 aromatic rings. The molecule has 0 amide bonds. The van der Waals surface area contributed by atoms with Crippen LogP contribution in [0.4, 0.5) is 0 Å². The van der Waals surface area contributed by atoms with E-state index in [1.807, 2.05) is 0 Å². The Kier molecular flexibility index (Phi) is 1.10. The van der Waals surface area contributed by atoms with Gasteiger partial charge in [-0.2, -0.15) is 0 Å². The SMILES string of the molecule is O=[N+]1CCSC1. The molecule has 0 aromatic heterocycles. The number of rotatable bonds is 0. The monoisotopic (exact) mass is 104 g/mol. The normalized spacial score (nSPS) is 22.3. The van der Waals surface area contributed by atoms with E-state index in [-0.39, 0.29) is 0 Å². The van der Waals surface area contributed by atoms with Crippen LogP contribution < -0.4 is 0 Å². The second-order valence-electron chi connectivity index (χ2n) is 1.24. The molecule has 0 saturated carbocycles. The average Bonchev–Trinajstić information content (AvgIpc) is 1.86. The third kappa shape index (κ3) is 0.712. The number of nitroso groups, excluding NO2 is 1. The Bertz CT molecular complexity index is 65.2. The van der Waals surface area contributed by atoms with Gasteiger partial charge in [0, 0.05) is 9.67 Å². The van der Waals surface area contributed by atoms with Crippen molar-refractivity contribution in [3.8, 4) is 0 Å². The smallest absolute Gasteiger partial charge is 0.0811 e. The van der Waals surface area contributed by atoms with E-state index in [1.165, 1.54) is 0 Å². The molecule has 1 fully saturated rings. The summed E-state index contributed by atoms with van der Waals surface area (Å²) in [6, 6.07) is 0. The minimum atomic E-state index is 0.681. The van der Waals surface area contributed by atoms with E-state index < -0.39 is 0 Å². The van der Waals surface area contributed by atoms with Gasteiger partial charge in [0.2, 0.25) is 12.4 Å². The zero-order valence-corrected chi connectivity index (χ0v) is 4.20. The molecule has 3 heteroatoms. The summed E-state index contributed by atoms with van der Waals surface area (Å²) in [4.78, 5) is 10.1. The van der Waals surface area contributed by atoms with Crippen molar-refractivity contribution in [1.82, 2.24) is 0 Å². The minimum absolute atomic E-state index is 0.681. The molecular formula is C3H6NOS+. The van der Waals surface area contributed by atoms with Crippen molar-refractivity contribution >= 4 is 11.8 Å². The Morgan fingerprint density at radius 1 is 1.67 bits per heavy atom. The van der Waals surface area contributed by atoms with Gasteiger partial charge in [-0.1, -0.05) is 11.8 Å². The highest BCUT2D eigenvalue weighted by molar-refractivity contribution is 7.99. The standard InChI is InChI=1S/C3H6NOS/c5-4-1-2-6-3-4/h1-3H2/q+1. The predicted octanol–water partition coefficient (Wildman–Crippen LogP) is 0.470. The van der Waals surface area contributed by atoms with Crippen LogP contribution in [0.2, 0.25) is 0 Å². The van der Waals surface area contributed by atoms with E-state index >= 15 is 0 Å². The fourth-order valence-corrected chi connectivity index (χ4v) is 1.19. The summed E-state index contributed by atoms with van der Waals surface area (Å²) in [5.74, 6) is 1.70. The second-order valence-corrected chi connectivity index (χ2v) is 2.32. The lowest BCUT2D eigenvalue weighted by atomic mass is 10.8. The molecule has 34 valence electrons. The van der Waals surface area contributed by atoms with Crippen LogP contribution in [0.5, 0.6) is 0 Å². The van der Waals surface area contributed by atoms with E-state index in [1.54, 1.807) is 11.8 Å². The molecule has 0 bridgehead atoms. The van der Waals surface area contributed by atoms with Gasteiger partial charge in [-0.15, -0.1) is 0 Å². The van der Waals surface area contributed by atoms with Crippen LogP contribution in [-0.4, -0.2) is 22.9 Å². The molecule has 0 N–H and O–H groups in total. The van der Waals surface area contributed by atoms with Gasteiger partial charge < -0.3 is 0 Å². The fourth-order valence-electron chi connectivity index (χ4n) is 0.397. The molecule has 1 rings (SSSR count). The highest BCUT2D eigenvalue weighted by Crippen LogP contribution is 2.06. The first-order valence-corrected chi connectivity index (χ1v) is 3.05. The Morgan fingerprint density at radius 2 is 2.50 bits per heavy atom. The van der Waals surface area contributed by atoms with Gasteiger partial charge in [-0.25, -0.2) is 0 Å². The van der Waals surface area contributed by atoms with Crippen molar-refractivity contribution in [3.63, 3.8) is 0 Å². The number of nitrogens with zero attached hydrogens (tertiary/aromatic N) is 1. The molecule has 1 aliphatic heterocycles. The molecule has 0 radical (unpaired) electrons. The van der Waals surface area contributed by atoms with Crippen molar-refractivity contribution < 1.29 is 4.76 Å². The maximum Gasteiger partial charge on any atom is 0.237 e. The molecule has 1 saturated heterocycles. The summed E-state index contributed by atoms with van der Waals surface area (Å²) in [5.41, 5.74) is 0. The molecule has 2 nitrogen and oxygen atoms in total. The highest BCUT2D eigenvalue weighted by Gasteiger charge is 2.15. The van der Waals surface area contributed by atoms with Crippen LogP contribution in [0.1, 0.15) is 0 Å². The zero-order valence-electron chi connectivity index (χ0n) is 3.39. The van der Waals surface area contributed by atoms with E-state index in [2.05, 4.69) is 0 Å². The predicted molar refractivity (Wildman–Crippen MR) is 25.8 cm³/mol. The molecule has 0 aliphatic carbocycles. The Hall–Kier alpha value is -0.0500. The summed E-state index contributed by atoms with van der Waals surface area (Å²) < 4.78 is 1.07. The van der Waals surface area contributed by atoms with Gasteiger partial charge >= 0.3 is 0 Å². The molecule has 1 aliphatic rings. The van der Waals surface area contributed by atoms with Gasteiger partial charge in [0.15, 0.2) is 0 Å². The fraction of sp³-hybridized carbons (Fsp3) is 1.00. The third-order valence-corrected chi connectivity index (χ3v) is 1.66. The number of thioether (sulfide) groups is 1. The summed E-state index contributed by atoms with van der Waals surface area (Å²) in [6.07, 6.45) is 0. The first-order valence-electron chi connectivity index (χ1n) is 1.89. The van der Waals surface area contributed by atoms with Crippen LogP contribution in [0.3, 0.4) is 0 Å². The number of hydrogen-bond acceptors (Lipinski definition) is 2. The van der Waals surface area contributed by atoms with E-state index in [9.17, 15) is 4.91 Å². The first-order chi connectivity index (χ1) is 2.89. The van der Waals surface area contributed by atoms with Crippen LogP contribution >= 0.6 is 11.8 Å². The molecule has 0 spiro atoms. The van der Waals surface area contributed by atoms with Gasteiger partial charge in [0.1, 0.15) is 0 Å². The lowest BCUT2D eigenvalue weighted by molar-refractivity contribution is -0.517. The van der Waals surface area contributed by atoms with Crippen molar-refractivity contribution in [1.29, 1.82) is 0 Å². The summed E-state index contributed by atoms with van der Waals surface area (Å²) in [5, 5.41) is 0. The van der Waals surface area contributed by atoms with Crippen LogP contribution in [0.15, 0.2) is 0 Å². The van der Waals surface area contributed by atoms with Gasteiger partial charge in [-0.3, -0.25) is 0 Å². The topological polar surface area (TPSA) is 20.1 Å². The molecule has 0 unspecified atom stereocenters. The van der Waals surface area contributed by atoms with Crippen molar-refractivity contribution in [2.45, 2.75) is 0 Å². The first kappa shape index (κ1) is 4.12. The highest BCUT2D eigenvalue weighted by atomic mass is 32.2. The van der Waals surface area contributed by atoms with Crippen molar-refractivity contribution in [2.24, 2.45) is 0 Å². The Balaban J connectivity index is 2.37. The molecule has 1 heterocycles. The lowest BCUT2D eigenvalue weighted by Gasteiger charge is -1.64. The Morgan fingerprint density at radius 3 is 2.67 bits per heavy atom. The third-order valence-electron chi connectivity index (χ3n) is 0.720. The van der Waals surface area contributed by atoms with Crippen molar-refractivity contribution in [3.05, 3.63) is 4.91 Å². The molecular weight excluding hydrogens is 98.1 g/mol. The van der Waals surface area contributed by atoms with Crippen LogP contribution in [0.25, 0.3) is 0 Å². The minimum Gasteiger partial charge on any atom is -0.0811 e. The molecule has 0 atom stereocenters. The lowest BCUT2D eigenvalue weighted by Crippen LogP contribution is -1.98. The van der Waals surface area contributed by atoms with Gasteiger partial charge in [0.05, 0.1) is 5.75 Å². The largest absolute Gasteiger partial charge is 0.237 e. The quantitative estimate of drug-likeness (QED) is 0.416.